The van der Waals surface area contributed by atoms with Gasteiger partial charge in [-0.3, -0.25) is 0 Å². The number of amides is 1. The van der Waals surface area contributed by atoms with Crippen LogP contribution in [0.2, 0.25) is 0 Å². The molecule has 1 aromatic carbocycles. The van der Waals surface area contributed by atoms with E-state index in [-0.39, 0.29) is 6.54 Å². The minimum atomic E-state index is -0.896. The molecule has 2 atom stereocenters. The number of piperidine rings is 1. The number of β-amino-alcohol motifs (C(OH)–C–C–N with tert-alkyl or cyclic N) is 1. The largest absolute Gasteiger partial charge is 0.415 e. The van der Waals surface area contributed by atoms with Crippen molar-refractivity contribution in [3.05, 3.63) is 30.3 Å². The van der Waals surface area contributed by atoms with Crippen molar-refractivity contribution in [1.82, 2.24) is 4.90 Å². The molecule has 1 aliphatic heterocycles. The third kappa shape index (κ3) is 2.95. The molecule has 0 bridgehead atoms. The standard InChI is InChI=1S/C12H15NO4/c14-10-6-7-13(8-11(10)15)12(16)17-9-4-2-1-3-5-9/h1-5,10-11,14-15H,6-8H2/t10-,11-/m1/s1. The number of nitrogens with zero attached hydrogens (tertiary/aromatic N) is 1. The third-order valence-corrected chi connectivity index (χ3v) is 2.75. The van der Waals surface area contributed by atoms with E-state index in [1.165, 1.54) is 4.90 Å². The lowest BCUT2D eigenvalue weighted by molar-refractivity contribution is -0.0319. The normalized spacial score (nSPS) is 24.5. The maximum atomic E-state index is 11.7. The summed E-state index contributed by atoms with van der Waals surface area (Å²) in [5, 5.41) is 18.8. The molecule has 0 spiro atoms. The Morgan fingerprint density at radius 2 is 1.94 bits per heavy atom. The molecule has 1 heterocycles. The van der Waals surface area contributed by atoms with E-state index in [2.05, 4.69) is 0 Å². The van der Waals surface area contributed by atoms with Crippen molar-refractivity contribution in [3.63, 3.8) is 0 Å². The fourth-order valence-electron chi connectivity index (χ4n) is 1.74. The molecule has 5 nitrogen and oxygen atoms in total. The number of carbonyl (C=O) groups is 1. The van der Waals surface area contributed by atoms with Crippen LogP contribution in [0.15, 0.2) is 30.3 Å². The molecule has 0 saturated carbocycles. The Balaban J connectivity index is 1.93. The average Bonchev–Trinajstić information content (AvgIpc) is 2.34. The van der Waals surface area contributed by atoms with Crippen LogP contribution in [0.1, 0.15) is 6.42 Å². The number of likely N-dealkylation sites (tertiary alicyclic amines) is 1. The number of ether oxygens (including phenoxy) is 1. The summed E-state index contributed by atoms with van der Waals surface area (Å²) in [7, 11) is 0. The van der Waals surface area contributed by atoms with Crippen LogP contribution >= 0.6 is 0 Å². The van der Waals surface area contributed by atoms with Gasteiger partial charge in [-0.1, -0.05) is 18.2 Å². The Bertz CT molecular complexity index is 381. The van der Waals surface area contributed by atoms with Crippen LogP contribution in [0.3, 0.4) is 0 Å². The second-order valence-electron chi connectivity index (χ2n) is 4.05. The van der Waals surface area contributed by atoms with Crippen molar-refractivity contribution in [1.29, 1.82) is 0 Å². The average molecular weight is 237 g/mol. The van der Waals surface area contributed by atoms with E-state index in [9.17, 15) is 15.0 Å². The quantitative estimate of drug-likeness (QED) is 0.751. The van der Waals surface area contributed by atoms with E-state index < -0.39 is 18.3 Å². The number of hydrogen-bond donors (Lipinski definition) is 2. The fourth-order valence-corrected chi connectivity index (χ4v) is 1.74. The van der Waals surface area contributed by atoms with Gasteiger partial charge in [0, 0.05) is 6.54 Å². The van der Waals surface area contributed by atoms with Crippen molar-refractivity contribution < 1.29 is 19.7 Å². The number of benzene rings is 1. The molecule has 2 N–H and O–H groups in total. The predicted octanol–water partition coefficient (Wildman–Crippen LogP) is 0.613. The van der Waals surface area contributed by atoms with Gasteiger partial charge in [-0.15, -0.1) is 0 Å². The van der Waals surface area contributed by atoms with E-state index in [0.29, 0.717) is 18.7 Å². The van der Waals surface area contributed by atoms with Crippen LogP contribution in [0.25, 0.3) is 0 Å². The maximum Gasteiger partial charge on any atom is 0.415 e. The Hall–Kier alpha value is -1.59. The highest BCUT2D eigenvalue weighted by molar-refractivity contribution is 5.70. The Morgan fingerprint density at radius 1 is 1.24 bits per heavy atom. The van der Waals surface area contributed by atoms with Gasteiger partial charge < -0.3 is 19.8 Å². The zero-order valence-corrected chi connectivity index (χ0v) is 9.32. The summed E-state index contributed by atoms with van der Waals surface area (Å²) in [4.78, 5) is 13.1. The van der Waals surface area contributed by atoms with E-state index in [4.69, 9.17) is 4.74 Å². The smallest absolute Gasteiger partial charge is 0.410 e. The lowest BCUT2D eigenvalue weighted by atomic mass is 10.1. The van der Waals surface area contributed by atoms with Gasteiger partial charge in [-0.25, -0.2) is 4.79 Å². The minimum Gasteiger partial charge on any atom is -0.410 e. The number of aliphatic hydroxyl groups is 2. The second kappa shape index (κ2) is 5.16. The highest BCUT2D eigenvalue weighted by atomic mass is 16.6. The molecular formula is C12H15NO4. The van der Waals surface area contributed by atoms with Crippen LogP contribution in [0.4, 0.5) is 4.79 Å². The van der Waals surface area contributed by atoms with Crippen molar-refractivity contribution in [3.8, 4) is 5.75 Å². The number of carbonyl (C=O) groups excluding carboxylic acids is 1. The summed E-state index contributed by atoms with van der Waals surface area (Å²) in [5.74, 6) is 0.470. The number of aliphatic hydroxyl groups excluding tert-OH is 2. The highest BCUT2D eigenvalue weighted by Gasteiger charge is 2.29. The fraction of sp³-hybridized carbons (Fsp3) is 0.417. The van der Waals surface area contributed by atoms with Crippen LogP contribution in [-0.2, 0) is 0 Å². The summed E-state index contributed by atoms with van der Waals surface area (Å²) in [6.45, 7) is 0.497. The summed E-state index contributed by atoms with van der Waals surface area (Å²) < 4.78 is 5.13. The Kier molecular flexibility index (Phi) is 3.61. The summed E-state index contributed by atoms with van der Waals surface area (Å²) >= 11 is 0. The van der Waals surface area contributed by atoms with Gasteiger partial charge in [-0.2, -0.15) is 0 Å². The number of hydrogen-bond acceptors (Lipinski definition) is 4. The molecule has 0 aliphatic carbocycles. The van der Waals surface area contributed by atoms with E-state index >= 15 is 0 Å². The lowest BCUT2D eigenvalue weighted by Crippen LogP contribution is -2.49. The Morgan fingerprint density at radius 3 is 2.59 bits per heavy atom. The molecule has 1 fully saturated rings. The van der Waals surface area contributed by atoms with Gasteiger partial charge in [0.2, 0.25) is 0 Å². The van der Waals surface area contributed by atoms with Gasteiger partial charge in [0.05, 0.1) is 18.8 Å². The van der Waals surface area contributed by atoms with E-state index in [1.54, 1.807) is 24.3 Å². The summed E-state index contributed by atoms with van der Waals surface area (Å²) in [6.07, 6.45) is -1.78. The summed E-state index contributed by atoms with van der Waals surface area (Å²) in [6, 6.07) is 8.76. The molecule has 5 heteroatoms. The van der Waals surface area contributed by atoms with Crippen molar-refractivity contribution in [2.45, 2.75) is 18.6 Å². The van der Waals surface area contributed by atoms with Crippen molar-refractivity contribution in [2.24, 2.45) is 0 Å². The first-order chi connectivity index (χ1) is 8.16. The summed E-state index contributed by atoms with van der Waals surface area (Å²) in [5.41, 5.74) is 0. The molecule has 1 aliphatic rings. The SMILES string of the molecule is O=C(Oc1ccccc1)N1CC[C@@H](O)[C@H](O)C1. The first-order valence-corrected chi connectivity index (χ1v) is 5.55. The van der Waals surface area contributed by atoms with E-state index in [1.807, 2.05) is 6.07 Å². The van der Waals surface area contributed by atoms with Crippen LogP contribution < -0.4 is 4.74 Å². The number of rotatable bonds is 1. The topological polar surface area (TPSA) is 70.0 Å². The van der Waals surface area contributed by atoms with Gasteiger partial charge in [0.15, 0.2) is 0 Å². The lowest BCUT2D eigenvalue weighted by Gasteiger charge is -2.32. The van der Waals surface area contributed by atoms with Crippen LogP contribution in [-0.4, -0.2) is 46.5 Å². The van der Waals surface area contributed by atoms with Crippen molar-refractivity contribution in [2.75, 3.05) is 13.1 Å². The molecule has 0 aromatic heterocycles. The van der Waals surface area contributed by atoms with Crippen molar-refractivity contribution >= 4 is 6.09 Å². The zero-order chi connectivity index (χ0) is 12.3. The highest BCUT2D eigenvalue weighted by Crippen LogP contribution is 2.14. The molecule has 2 rings (SSSR count). The van der Waals surface area contributed by atoms with Crippen LogP contribution in [0, 0.1) is 0 Å². The second-order valence-corrected chi connectivity index (χ2v) is 4.05. The molecule has 92 valence electrons. The monoisotopic (exact) mass is 237 g/mol. The molecular weight excluding hydrogens is 222 g/mol. The van der Waals surface area contributed by atoms with Crippen LogP contribution in [0.5, 0.6) is 5.75 Å². The molecule has 17 heavy (non-hydrogen) atoms. The first kappa shape index (κ1) is 11.9. The zero-order valence-electron chi connectivity index (χ0n) is 9.32. The van der Waals surface area contributed by atoms with Gasteiger partial charge in [-0.05, 0) is 18.6 Å². The first-order valence-electron chi connectivity index (χ1n) is 5.55. The molecule has 0 radical (unpaired) electrons. The Labute approximate surface area is 99.2 Å². The van der Waals surface area contributed by atoms with Gasteiger partial charge in [0.25, 0.3) is 0 Å². The molecule has 1 saturated heterocycles. The van der Waals surface area contributed by atoms with E-state index in [0.717, 1.165) is 0 Å². The number of para-hydroxylation sites is 1. The maximum absolute atomic E-state index is 11.7. The van der Waals surface area contributed by atoms with Gasteiger partial charge >= 0.3 is 6.09 Å². The minimum absolute atomic E-state index is 0.104. The predicted molar refractivity (Wildman–Crippen MR) is 60.7 cm³/mol. The third-order valence-electron chi connectivity index (χ3n) is 2.75. The molecule has 1 amide bonds. The van der Waals surface area contributed by atoms with Gasteiger partial charge in [0.1, 0.15) is 5.75 Å². The molecule has 1 aromatic rings. The molecule has 0 unspecified atom stereocenters.